The van der Waals surface area contributed by atoms with Gasteiger partial charge in [0, 0.05) is 11.1 Å². The molecule has 4 heteroatoms. The molecular formula is C12H15ClN3. The van der Waals surface area contributed by atoms with E-state index >= 15 is 0 Å². The Labute approximate surface area is 101 Å². The lowest BCUT2D eigenvalue weighted by atomic mass is 10.0. The van der Waals surface area contributed by atoms with E-state index in [1.54, 1.807) is 0 Å². The third-order valence-electron chi connectivity index (χ3n) is 3.30. The third kappa shape index (κ3) is 1.74. The van der Waals surface area contributed by atoms with Crippen LogP contribution < -0.4 is 15.5 Å². The number of nitrogens with zero attached hydrogens (tertiary/aromatic N) is 1. The van der Waals surface area contributed by atoms with Gasteiger partial charge in [0.1, 0.15) is 6.67 Å². The molecule has 0 aliphatic carbocycles. The van der Waals surface area contributed by atoms with E-state index in [2.05, 4.69) is 28.3 Å². The van der Waals surface area contributed by atoms with Gasteiger partial charge in [-0.1, -0.05) is 11.6 Å². The first kappa shape index (κ1) is 10.2. The van der Waals surface area contributed by atoms with E-state index in [1.807, 2.05) is 12.1 Å². The summed E-state index contributed by atoms with van der Waals surface area (Å²) >= 11 is 5.97. The van der Waals surface area contributed by atoms with Crippen LogP contribution in [0, 0.1) is 6.67 Å². The van der Waals surface area contributed by atoms with Crippen molar-refractivity contribution in [1.29, 1.82) is 0 Å². The van der Waals surface area contributed by atoms with Crippen molar-refractivity contribution in [2.45, 2.75) is 18.9 Å². The lowest BCUT2D eigenvalue weighted by Crippen LogP contribution is -2.41. The minimum absolute atomic E-state index is 0.608. The van der Waals surface area contributed by atoms with Gasteiger partial charge in [-0.2, -0.15) is 0 Å². The minimum Gasteiger partial charge on any atom is -0.360 e. The predicted molar refractivity (Wildman–Crippen MR) is 67.7 cm³/mol. The van der Waals surface area contributed by atoms with Gasteiger partial charge in [-0.25, -0.2) is 0 Å². The van der Waals surface area contributed by atoms with Crippen molar-refractivity contribution < 1.29 is 0 Å². The first-order chi connectivity index (χ1) is 7.84. The van der Waals surface area contributed by atoms with Crippen molar-refractivity contribution in [2.24, 2.45) is 0 Å². The van der Waals surface area contributed by atoms with Crippen molar-refractivity contribution in [1.82, 2.24) is 5.32 Å². The maximum absolute atomic E-state index is 5.97. The lowest BCUT2D eigenvalue weighted by Gasteiger charge is -2.32. The van der Waals surface area contributed by atoms with E-state index in [4.69, 9.17) is 11.6 Å². The standard InChI is InChI=1S/C12H15ClN3/c13-9-1-2-12-11(7-9)15-8-16(12)10-3-5-14-6-4-10/h1-2,7-8,10,14-15H,3-6H2. The Bertz CT molecular complexity index is 388. The highest BCUT2D eigenvalue weighted by molar-refractivity contribution is 6.31. The molecule has 3 rings (SSSR count). The SMILES string of the molecule is Clc1ccc2c(c1)N[CH]N2C1CCNCC1. The van der Waals surface area contributed by atoms with Crippen molar-refractivity contribution in [3.05, 3.63) is 29.9 Å². The van der Waals surface area contributed by atoms with Gasteiger partial charge < -0.3 is 15.5 Å². The first-order valence-electron chi connectivity index (χ1n) is 5.73. The Morgan fingerprint density at radius 1 is 1.25 bits per heavy atom. The van der Waals surface area contributed by atoms with Crippen LogP contribution in [0.2, 0.25) is 5.02 Å². The molecule has 1 fully saturated rings. The fourth-order valence-corrected chi connectivity index (χ4v) is 2.62. The molecule has 0 amide bonds. The number of halogens is 1. The fourth-order valence-electron chi connectivity index (χ4n) is 2.44. The van der Waals surface area contributed by atoms with Gasteiger partial charge in [0.25, 0.3) is 0 Å². The van der Waals surface area contributed by atoms with Crippen LogP contribution in [0.15, 0.2) is 18.2 Å². The molecule has 1 aromatic carbocycles. The Morgan fingerprint density at radius 3 is 2.88 bits per heavy atom. The molecule has 1 aromatic rings. The van der Waals surface area contributed by atoms with E-state index < -0.39 is 0 Å². The van der Waals surface area contributed by atoms with Crippen LogP contribution >= 0.6 is 11.6 Å². The van der Waals surface area contributed by atoms with Gasteiger partial charge in [-0.05, 0) is 44.1 Å². The molecular weight excluding hydrogens is 222 g/mol. The van der Waals surface area contributed by atoms with Gasteiger partial charge in [-0.3, -0.25) is 0 Å². The Balaban J connectivity index is 1.84. The summed E-state index contributed by atoms with van der Waals surface area (Å²) in [6.45, 7) is 4.28. The van der Waals surface area contributed by atoms with Gasteiger partial charge in [-0.15, -0.1) is 0 Å². The van der Waals surface area contributed by atoms with E-state index in [1.165, 1.54) is 18.5 Å². The molecule has 2 N–H and O–H groups in total. The van der Waals surface area contributed by atoms with E-state index in [-0.39, 0.29) is 0 Å². The molecule has 1 radical (unpaired) electrons. The van der Waals surface area contributed by atoms with Gasteiger partial charge in [0.05, 0.1) is 11.4 Å². The highest BCUT2D eigenvalue weighted by Crippen LogP contribution is 2.37. The average molecular weight is 237 g/mol. The second kappa shape index (κ2) is 4.15. The minimum atomic E-state index is 0.608. The molecule has 3 nitrogen and oxygen atoms in total. The summed E-state index contributed by atoms with van der Waals surface area (Å²) in [5, 5.41) is 7.46. The molecule has 0 unspecified atom stereocenters. The van der Waals surface area contributed by atoms with E-state index in [9.17, 15) is 0 Å². The Kier molecular flexibility index (Phi) is 2.65. The number of piperidine rings is 1. The number of fused-ring (bicyclic) bond motifs is 1. The monoisotopic (exact) mass is 236 g/mol. The van der Waals surface area contributed by atoms with E-state index in [0.717, 1.165) is 23.8 Å². The smallest absolute Gasteiger partial charge is 0.139 e. The van der Waals surface area contributed by atoms with Gasteiger partial charge in [0.15, 0.2) is 0 Å². The number of anilines is 2. The number of hydrogen-bond acceptors (Lipinski definition) is 3. The first-order valence-corrected chi connectivity index (χ1v) is 6.11. The molecule has 0 aromatic heterocycles. The summed E-state index contributed by atoms with van der Waals surface area (Å²) < 4.78 is 0. The summed E-state index contributed by atoms with van der Waals surface area (Å²) in [6, 6.07) is 6.64. The molecule has 2 heterocycles. The average Bonchev–Trinajstić information content (AvgIpc) is 2.73. The van der Waals surface area contributed by atoms with Crippen molar-refractivity contribution in [3.63, 3.8) is 0 Å². The molecule has 16 heavy (non-hydrogen) atoms. The third-order valence-corrected chi connectivity index (χ3v) is 3.53. The number of benzene rings is 1. The van der Waals surface area contributed by atoms with Gasteiger partial charge in [0.2, 0.25) is 0 Å². The normalized spacial score (nSPS) is 20.7. The van der Waals surface area contributed by atoms with Crippen LogP contribution in [0.1, 0.15) is 12.8 Å². The lowest BCUT2D eigenvalue weighted by molar-refractivity contribution is 0.446. The molecule has 0 spiro atoms. The largest absolute Gasteiger partial charge is 0.360 e. The van der Waals surface area contributed by atoms with Crippen LogP contribution in [0.4, 0.5) is 11.4 Å². The zero-order valence-electron chi connectivity index (χ0n) is 9.04. The number of rotatable bonds is 1. The van der Waals surface area contributed by atoms with Crippen LogP contribution in [-0.4, -0.2) is 19.1 Å². The maximum atomic E-state index is 5.97. The van der Waals surface area contributed by atoms with Crippen LogP contribution in [-0.2, 0) is 0 Å². The van der Waals surface area contributed by atoms with Gasteiger partial charge >= 0.3 is 0 Å². The summed E-state index contributed by atoms with van der Waals surface area (Å²) in [5.41, 5.74) is 2.36. The molecule has 2 aliphatic rings. The highest BCUT2D eigenvalue weighted by atomic mass is 35.5. The summed E-state index contributed by atoms with van der Waals surface area (Å²) in [4.78, 5) is 2.34. The quantitative estimate of drug-likeness (QED) is 0.785. The molecule has 0 bridgehead atoms. The summed E-state index contributed by atoms with van der Waals surface area (Å²) in [6.07, 6.45) is 2.39. The predicted octanol–water partition coefficient (Wildman–Crippen LogP) is 2.44. The number of nitrogens with one attached hydrogen (secondary N) is 2. The second-order valence-electron chi connectivity index (χ2n) is 4.32. The van der Waals surface area contributed by atoms with Crippen LogP contribution in [0.5, 0.6) is 0 Å². The second-order valence-corrected chi connectivity index (χ2v) is 4.76. The zero-order chi connectivity index (χ0) is 11.0. The van der Waals surface area contributed by atoms with Crippen molar-refractivity contribution in [2.75, 3.05) is 23.3 Å². The maximum Gasteiger partial charge on any atom is 0.139 e. The number of hydrogen-bond donors (Lipinski definition) is 2. The van der Waals surface area contributed by atoms with Crippen LogP contribution in [0.25, 0.3) is 0 Å². The summed E-state index contributed by atoms with van der Waals surface area (Å²) in [7, 11) is 0. The summed E-state index contributed by atoms with van der Waals surface area (Å²) in [5.74, 6) is 0. The highest BCUT2D eigenvalue weighted by Gasteiger charge is 2.27. The van der Waals surface area contributed by atoms with Crippen molar-refractivity contribution >= 4 is 23.0 Å². The van der Waals surface area contributed by atoms with Crippen LogP contribution in [0.3, 0.4) is 0 Å². The Morgan fingerprint density at radius 2 is 2.06 bits per heavy atom. The molecule has 2 aliphatic heterocycles. The van der Waals surface area contributed by atoms with Crippen molar-refractivity contribution in [3.8, 4) is 0 Å². The molecule has 0 atom stereocenters. The topological polar surface area (TPSA) is 27.3 Å². The molecule has 1 saturated heterocycles. The zero-order valence-corrected chi connectivity index (χ0v) is 9.80. The molecule has 85 valence electrons. The Hall–Kier alpha value is -0.930. The van der Waals surface area contributed by atoms with E-state index in [0.29, 0.717) is 6.04 Å². The molecule has 0 saturated carbocycles. The fraction of sp³-hybridized carbons (Fsp3) is 0.417.